The molecule has 0 radical (unpaired) electrons. The van der Waals surface area contributed by atoms with Gasteiger partial charge in [0.15, 0.2) is 0 Å². The van der Waals surface area contributed by atoms with Crippen molar-refractivity contribution in [2.24, 2.45) is 5.73 Å². The molecule has 0 atom stereocenters. The van der Waals surface area contributed by atoms with E-state index in [-0.39, 0.29) is 11.5 Å². The summed E-state index contributed by atoms with van der Waals surface area (Å²) in [6.45, 7) is 3.20. The fraction of sp³-hybridized carbons (Fsp3) is 0.208. The van der Waals surface area contributed by atoms with Crippen molar-refractivity contribution >= 4 is 40.4 Å². The van der Waals surface area contributed by atoms with Gasteiger partial charge in [0.1, 0.15) is 5.82 Å². The lowest BCUT2D eigenvalue weighted by Gasteiger charge is -2.28. The molecule has 0 aliphatic carbocycles. The van der Waals surface area contributed by atoms with Crippen LogP contribution in [0, 0.1) is 0 Å². The third kappa shape index (κ3) is 5.21. The van der Waals surface area contributed by atoms with E-state index in [1.54, 1.807) is 37.4 Å². The first-order chi connectivity index (χ1) is 16.0. The summed E-state index contributed by atoms with van der Waals surface area (Å²) in [6.07, 6.45) is 1.41. The number of morpholine rings is 1. The Labute approximate surface area is 191 Å². The SMILES string of the molecule is CNC(=O)c1ccccc1Nc1cc(Nc2ccc(N3CCOCC3)cc2)ncc1C(N)=O. The second kappa shape index (κ2) is 10.0. The molecule has 1 saturated heterocycles. The summed E-state index contributed by atoms with van der Waals surface area (Å²) in [5, 5.41) is 9.02. The lowest BCUT2D eigenvalue weighted by molar-refractivity contribution is 0.0962. The Hall–Kier alpha value is -4.11. The Morgan fingerprint density at radius 2 is 1.70 bits per heavy atom. The number of amides is 2. The molecule has 4 rings (SSSR count). The van der Waals surface area contributed by atoms with Crippen LogP contribution in [0.1, 0.15) is 20.7 Å². The molecule has 33 heavy (non-hydrogen) atoms. The van der Waals surface area contributed by atoms with Gasteiger partial charge in [0, 0.05) is 43.8 Å². The third-order valence-electron chi connectivity index (χ3n) is 5.35. The van der Waals surface area contributed by atoms with E-state index >= 15 is 0 Å². The summed E-state index contributed by atoms with van der Waals surface area (Å²) in [7, 11) is 1.56. The molecular formula is C24H26N6O3. The van der Waals surface area contributed by atoms with Crippen LogP contribution >= 0.6 is 0 Å². The molecule has 2 heterocycles. The Kier molecular flexibility index (Phi) is 6.70. The summed E-state index contributed by atoms with van der Waals surface area (Å²) in [6, 6.07) is 16.8. The van der Waals surface area contributed by atoms with Crippen LogP contribution in [0.2, 0.25) is 0 Å². The molecule has 0 spiro atoms. The zero-order chi connectivity index (χ0) is 23.2. The number of carbonyl (C=O) groups is 2. The van der Waals surface area contributed by atoms with Crippen LogP contribution in [0.5, 0.6) is 0 Å². The average Bonchev–Trinajstić information content (AvgIpc) is 2.85. The van der Waals surface area contributed by atoms with E-state index < -0.39 is 5.91 Å². The number of carbonyl (C=O) groups excluding carboxylic acids is 2. The first kappa shape index (κ1) is 22.1. The number of ether oxygens (including phenoxy) is 1. The molecule has 1 aliphatic rings. The highest BCUT2D eigenvalue weighted by molar-refractivity contribution is 6.03. The lowest BCUT2D eigenvalue weighted by atomic mass is 10.1. The van der Waals surface area contributed by atoms with Gasteiger partial charge in [0.05, 0.1) is 35.7 Å². The van der Waals surface area contributed by atoms with Crippen molar-refractivity contribution < 1.29 is 14.3 Å². The number of para-hydroxylation sites is 1. The van der Waals surface area contributed by atoms with Crippen molar-refractivity contribution in [3.05, 3.63) is 71.9 Å². The van der Waals surface area contributed by atoms with Gasteiger partial charge in [-0.2, -0.15) is 0 Å². The van der Waals surface area contributed by atoms with E-state index in [1.165, 1.54) is 6.20 Å². The monoisotopic (exact) mass is 446 g/mol. The number of hydrogen-bond donors (Lipinski definition) is 4. The third-order valence-corrected chi connectivity index (χ3v) is 5.35. The molecule has 1 aliphatic heterocycles. The predicted octanol–water partition coefficient (Wildman–Crippen LogP) is 2.86. The molecular weight excluding hydrogens is 420 g/mol. The van der Waals surface area contributed by atoms with E-state index in [2.05, 4.69) is 25.8 Å². The van der Waals surface area contributed by atoms with Crippen molar-refractivity contribution in [3.63, 3.8) is 0 Å². The Morgan fingerprint density at radius 3 is 2.39 bits per heavy atom. The molecule has 0 bridgehead atoms. The lowest BCUT2D eigenvalue weighted by Crippen LogP contribution is -2.36. The Bertz CT molecular complexity index is 1140. The molecule has 2 aromatic carbocycles. The minimum absolute atomic E-state index is 0.218. The molecule has 0 unspecified atom stereocenters. The van der Waals surface area contributed by atoms with E-state index in [0.29, 0.717) is 22.8 Å². The van der Waals surface area contributed by atoms with Gasteiger partial charge in [0.2, 0.25) is 0 Å². The quantitative estimate of drug-likeness (QED) is 0.440. The van der Waals surface area contributed by atoms with Gasteiger partial charge < -0.3 is 31.3 Å². The second-order valence-electron chi connectivity index (χ2n) is 7.50. The molecule has 2 amide bonds. The summed E-state index contributed by atoms with van der Waals surface area (Å²) in [4.78, 5) is 30.8. The van der Waals surface area contributed by atoms with Gasteiger partial charge in [-0.3, -0.25) is 9.59 Å². The van der Waals surface area contributed by atoms with Crippen molar-refractivity contribution in [2.75, 3.05) is 48.9 Å². The molecule has 170 valence electrons. The molecule has 1 fully saturated rings. The summed E-state index contributed by atoms with van der Waals surface area (Å²) < 4.78 is 5.41. The highest BCUT2D eigenvalue weighted by Crippen LogP contribution is 2.27. The first-order valence-electron chi connectivity index (χ1n) is 10.6. The maximum absolute atomic E-state index is 12.2. The zero-order valence-corrected chi connectivity index (χ0v) is 18.3. The summed E-state index contributed by atoms with van der Waals surface area (Å²) in [5.74, 6) is -0.339. The van der Waals surface area contributed by atoms with E-state index in [9.17, 15) is 9.59 Å². The van der Waals surface area contributed by atoms with E-state index in [0.717, 1.165) is 37.7 Å². The Morgan fingerprint density at radius 1 is 0.970 bits per heavy atom. The number of anilines is 5. The van der Waals surface area contributed by atoms with Crippen LogP contribution in [0.3, 0.4) is 0 Å². The minimum Gasteiger partial charge on any atom is -0.378 e. The first-order valence-corrected chi connectivity index (χ1v) is 10.6. The van der Waals surface area contributed by atoms with Crippen LogP contribution < -0.4 is 26.6 Å². The summed E-state index contributed by atoms with van der Waals surface area (Å²) in [5.41, 5.74) is 9.19. The molecule has 9 nitrogen and oxygen atoms in total. The van der Waals surface area contributed by atoms with Crippen LogP contribution in [-0.4, -0.2) is 50.1 Å². The number of benzene rings is 2. The molecule has 1 aromatic heterocycles. The van der Waals surface area contributed by atoms with Crippen LogP contribution in [0.15, 0.2) is 60.8 Å². The number of nitrogens with two attached hydrogens (primary N) is 1. The van der Waals surface area contributed by atoms with Gasteiger partial charge >= 0.3 is 0 Å². The Balaban J connectivity index is 1.57. The highest BCUT2D eigenvalue weighted by Gasteiger charge is 2.15. The standard InChI is InChI=1S/C24H26N6O3/c1-26-24(32)18-4-2-3-5-20(18)29-21-14-22(27-15-19(21)23(25)31)28-16-6-8-17(9-7-16)30-10-12-33-13-11-30/h2-9,14-15H,10-13H2,1H3,(H2,25,31)(H,26,32)(H2,27,28,29). The number of primary amides is 1. The van der Waals surface area contributed by atoms with Crippen molar-refractivity contribution in [2.45, 2.75) is 0 Å². The van der Waals surface area contributed by atoms with E-state index in [1.807, 2.05) is 24.3 Å². The molecule has 0 saturated carbocycles. The predicted molar refractivity (Wildman–Crippen MR) is 129 cm³/mol. The fourth-order valence-electron chi connectivity index (χ4n) is 3.62. The van der Waals surface area contributed by atoms with Crippen LogP contribution in [-0.2, 0) is 4.74 Å². The van der Waals surface area contributed by atoms with Crippen molar-refractivity contribution in [1.29, 1.82) is 0 Å². The average molecular weight is 447 g/mol. The second-order valence-corrected chi connectivity index (χ2v) is 7.50. The van der Waals surface area contributed by atoms with Gasteiger partial charge in [-0.15, -0.1) is 0 Å². The number of aromatic nitrogens is 1. The van der Waals surface area contributed by atoms with Crippen molar-refractivity contribution in [3.8, 4) is 0 Å². The number of rotatable bonds is 7. The topological polar surface area (TPSA) is 122 Å². The molecule has 9 heteroatoms. The molecule has 3 aromatic rings. The zero-order valence-electron chi connectivity index (χ0n) is 18.3. The number of nitrogens with one attached hydrogen (secondary N) is 3. The fourth-order valence-corrected chi connectivity index (χ4v) is 3.62. The maximum Gasteiger partial charge on any atom is 0.253 e. The highest BCUT2D eigenvalue weighted by atomic mass is 16.5. The van der Waals surface area contributed by atoms with Gasteiger partial charge in [-0.05, 0) is 36.4 Å². The number of hydrogen-bond acceptors (Lipinski definition) is 7. The largest absolute Gasteiger partial charge is 0.378 e. The minimum atomic E-state index is -0.621. The van der Waals surface area contributed by atoms with Crippen molar-refractivity contribution in [1.82, 2.24) is 10.3 Å². The molecule has 5 N–H and O–H groups in total. The van der Waals surface area contributed by atoms with Gasteiger partial charge in [0.25, 0.3) is 11.8 Å². The normalized spacial score (nSPS) is 13.3. The number of nitrogens with zero attached hydrogens (tertiary/aromatic N) is 2. The smallest absolute Gasteiger partial charge is 0.253 e. The maximum atomic E-state index is 12.2. The van der Waals surface area contributed by atoms with Gasteiger partial charge in [-0.25, -0.2) is 4.98 Å². The van der Waals surface area contributed by atoms with Crippen LogP contribution in [0.4, 0.5) is 28.6 Å². The van der Waals surface area contributed by atoms with Gasteiger partial charge in [-0.1, -0.05) is 12.1 Å². The van der Waals surface area contributed by atoms with Crippen LogP contribution in [0.25, 0.3) is 0 Å². The number of pyridine rings is 1. The summed E-state index contributed by atoms with van der Waals surface area (Å²) >= 11 is 0. The van der Waals surface area contributed by atoms with E-state index in [4.69, 9.17) is 10.5 Å².